The van der Waals surface area contributed by atoms with Crippen LogP contribution in [-0.2, 0) is 4.79 Å². The quantitative estimate of drug-likeness (QED) is 0.641. The molecule has 0 bridgehead atoms. The highest BCUT2D eigenvalue weighted by molar-refractivity contribution is 7.99. The van der Waals surface area contributed by atoms with E-state index in [2.05, 4.69) is 20.5 Å². The third kappa shape index (κ3) is 3.58. The number of carbonyl (C=O) groups is 1. The fraction of sp³-hybridized carbons (Fsp3) is 0.538. The molecule has 9 heteroatoms. The van der Waals surface area contributed by atoms with Crippen LogP contribution in [0.4, 0.5) is 5.13 Å². The molecule has 3 rings (SSSR count). The van der Waals surface area contributed by atoms with Crippen LogP contribution in [0.1, 0.15) is 43.8 Å². The Kier molecular flexibility index (Phi) is 4.94. The van der Waals surface area contributed by atoms with Crippen LogP contribution in [-0.4, -0.2) is 31.5 Å². The fourth-order valence-electron chi connectivity index (χ4n) is 2.60. The molecule has 1 fully saturated rings. The molecule has 1 amide bonds. The van der Waals surface area contributed by atoms with Crippen molar-refractivity contribution in [2.75, 3.05) is 16.9 Å². The minimum Gasteiger partial charge on any atom is -0.336 e. The second kappa shape index (κ2) is 7.10. The number of thioether (sulfide) groups is 1. The zero-order chi connectivity index (χ0) is 15.4. The molecule has 0 atom stereocenters. The van der Waals surface area contributed by atoms with Gasteiger partial charge in [-0.05, 0) is 12.8 Å². The summed E-state index contributed by atoms with van der Waals surface area (Å²) >= 11 is 2.68. The van der Waals surface area contributed by atoms with Crippen LogP contribution in [0, 0.1) is 0 Å². The van der Waals surface area contributed by atoms with Crippen LogP contribution in [0.15, 0.2) is 16.7 Å². The van der Waals surface area contributed by atoms with E-state index in [1.165, 1.54) is 47.0 Å². The molecule has 3 N–H and O–H groups in total. The Morgan fingerprint density at radius 2 is 2.23 bits per heavy atom. The molecule has 22 heavy (non-hydrogen) atoms. The minimum absolute atomic E-state index is 0.123. The van der Waals surface area contributed by atoms with Crippen LogP contribution in [0.3, 0.4) is 0 Å². The lowest BCUT2D eigenvalue weighted by Gasteiger charge is -2.20. The second-order valence-electron chi connectivity index (χ2n) is 5.22. The van der Waals surface area contributed by atoms with E-state index in [1.807, 2.05) is 5.38 Å². The smallest absolute Gasteiger partial charge is 0.236 e. The van der Waals surface area contributed by atoms with Gasteiger partial charge in [0.1, 0.15) is 0 Å². The summed E-state index contributed by atoms with van der Waals surface area (Å²) in [6.07, 6.45) is 7.61. The van der Waals surface area contributed by atoms with Crippen molar-refractivity contribution in [2.45, 2.75) is 43.2 Å². The first kappa shape index (κ1) is 15.3. The van der Waals surface area contributed by atoms with E-state index >= 15 is 0 Å². The number of carbonyl (C=O) groups excluding carboxylic acids is 1. The van der Waals surface area contributed by atoms with E-state index in [4.69, 9.17) is 5.84 Å². The van der Waals surface area contributed by atoms with Gasteiger partial charge in [-0.15, -0.1) is 21.5 Å². The van der Waals surface area contributed by atoms with Crippen molar-refractivity contribution in [3.63, 3.8) is 0 Å². The summed E-state index contributed by atoms with van der Waals surface area (Å²) in [6, 6.07) is 0. The molecule has 0 aromatic carbocycles. The zero-order valence-electron chi connectivity index (χ0n) is 12.1. The molecule has 0 saturated heterocycles. The van der Waals surface area contributed by atoms with Gasteiger partial charge in [-0.3, -0.25) is 4.79 Å². The number of hydrogen-bond donors (Lipinski definition) is 2. The number of amides is 1. The van der Waals surface area contributed by atoms with Gasteiger partial charge in [-0.1, -0.05) is 31.0 Å². The van der Waals surface area contributed by atoms with E-state index in [9.17, 15) is 4.79 Å². The predicted molar refractivity (Wildman–Crippen MR) is 87.5 cm³/mol. The minimum atomic E-state index is -0.123. The first-order valence-electron chi connectivity index (χ1n) is 7.26. The molecule has 2 heterocycles. The summed E-state index contributed by atoms with van der Waals surface area (Å²) in [6.45, 7) is 0. The van der Waals surface area contributed by atoms with Crippen molar-refractivity contribution in [2.24, 2.45) is 0 Å². The number of rotatable bonds is 5. The normalized spacial score (nSPS) is 15.8. The largest absolute Gasteiger partial charge is 0.336 e. The van der Waals surface area contributed by atoms with Gasteiger partial charge in [0.2, 0.25) is 11.1 Å². The number of anilines is 1. The van der Waals surface area contributed by atoms with Gasteiger partial charge in [0.25, 0.3) is 0 Å². The molecule has 118 valence electrons. The van der Waals surface area contributed by atoms with Crippen molar-refractivity contribution in [3.05, 3.63) is 17.4 Å². The van der Waals surface area contributed by atoms with Gasteiger partial charge in [-0.25, -0.2) is 9.66 Å². The summed E-state index contributed by atoms with van der Waals surface area (Å²) in [4.78, 5) is 15.9. The molecule has 0 aliphatic heterocycles. The Hall–Kier alpha value is -1.61. The molecule has 1 aliphatic rings. The van der Waals surface area contributed by atoms with E-state index in [-0.39, 0.29) is 11.7 Å². The topological polar surface area (TPSA) is 98.7 Å². The van der Waals surface area contributed by atoms with Crippen molar-refractivity contribution in [1.82, 2.24) is 19.9 Å². The number of nitrogen functional groups attached to an aromatic ring is 1. The first-order chi connectivity index (χ1) is 10.7. The number of hydrogen-bond acceptors (Lipinski definition) is 7. The lowest BCUT2D eigenvalue weighted by molar-refractivity contribution is -0.113. The summed E-state index contributed by atoms with van der Waals surface area (Å²) in [7, 11) is 0. The van der Waals surface area contributed by atoms with Crippen LogP contribution in [0.25, 0.3) is 0 Å². The Labute approximate surface area is 136 Å². The van der Waals surface area contributed by atoms with Gasteiger partial charge in [-0.2, -0.15) is 0 Å². The first-order valence-corrected chi connectivity index (χ1v) is 9.13. The summed E-state index contributed by atoms with van der Waals surface area (Å²) in [5.74, 6) is 7.43. The van der Waals surface area contributed by atoms with E-state index in [1.54, 1.807) is 6.20 Å². The molecule has 7 nitrogen and oxygen atoms in total. The van der Waals surface area contributed by atoms with Gasteiger partial charge >= 0.3 is 0 Å². The highest BCUT2D eigenvalue weighted by atomic mass is 32.2. The summed E-state index contributed by atoms with van der Waals surface area (Å²) in [5, 5.41) is 14.1. The molecule has 2 aromatic heterocycles. The number of thiazole rings is 1. The van der Waals surface area contributed by atoms with Crippen LogP contribution >= 0.6 is 23.1 Å². The Balaban J connectivity index is 1.56. The third-order valence-electron chi connectivity index (χ3n) is 3.67. The lowest BCUT2D eigenvalue weighted by Crippen LogP contribution is -2.19. The maximum absolute atomic E-state index is 11.8. The van der Waals surface area contributed by atoms with E-state index in [0.717, 1.165) is 18.7 Å². The monoisotopic (exact) mass is 338 g/mol. The zero-order valence-corrected chi connectivity index (χ0v) is 13.7. The number of nitrogens with two attached hydrogens (primary N) is 1. The summed E-state index contributed by atoms with van der Waals surface area (Å²) < 4.78 is 1.54. The Bertz CT molecular complexity index is 621. The third-order valence-corrected chi connectivity index (χ3v) is 5.30. The molecule has 0 radical (unpaired) electrons. The van der Waals surface area contributed by atoms with E-state index < -0.39 is 0 Å². The van der Waals surface area contributed by atoms with Crippen molar-refractivity contribution in [3.8, 4) is 0 Å². The van der Waals surface area contributed by atoms with E-state index in [0.29, 0.717) is 16.2 Å². The average molecular weight is 338 g/mol. The van der Waals surface area contributed by atoms with Crippen LogP contribution < -0.4 is 11.2 Å². The van der Waals surface area contributed by atoms with Crippen LogP contribution in [0.5, 0.6) is 0 Å². The highest BCUT2D eigenvalue weighted by Gasteiger charge is 2.22. The van der Waals surface area contributed by atoms with Crippen molar-refractivity contribution < 1.29 is 4.79 Å². The van der Waals surface area contributed by atoms with Gasteiger partial charge < -0.3 is 11.2 Å². The predicted octanol–water partition coefficient (Wildman–Crippen LogP) is 2.23. The van der Waals surface area contributed by atoms with Gasteiger partial charge in [0.15, 0.2) is 11.0 Å². The number of aromatic nitrogens is 4. The lowest BCUT2D eigenvalue weighted by atomic mass is 9.89. The standard InChI is InChI=1S/C13H18N6OS2/c14-19-11(9-4-2-1-3-5-9)17-18-13(19)22-8-10(20)16-12-15-6-7-21-12/h6-7,9H,1-5,8,14H2,(H,15,16,20). The van der Waals surface area contributed by atoms with Crippen molar-refractivity contribution >= 4 is 34.1 Å². The molecule has 0 unspecified atom stereocenters. The molecular formula is C13H18N6OS2. The molecule has 1 saturated carbocycles. The fourth-order valence-corrected chi connectivity index (χ4v) is 3.81. The maximum atomic E-state index is 11.8. The van der Waals surface area contributed by atoms with Gasteiger partial charge in [0.05, 0.1) is 5.75 Å². The average Bonchev–Trinajstić information content (AvgIpc) is 3.16. The molecule has 1 aliphatic carbocycles. The molecule has 2 aromatic rings. The van der Waals surface area contributed by atoms with Gasteiger partial charge in [0, 0.05) is 17.5 Å². The van der Waals surface area contributed by atoms with Crippen molar-refractivity contribution in [1.29, 1.82) is 0 Å². The second-order valence-corrected chi connectivity index (χ2v) is 7.06. The number of nitrogens with zero attached hydrogens (tertiary/aromatic N) is 4. The highest BCUT2D eigenvalue weighted by Crippen LogP contribution is 2.32. The molecular weight excluding hydrogens is 320 g/mol. The summed E-state index contributed by atoms with van der Waals surface area (Å²) in [5.41, 5.74) is 0. The SMILES string of the molecule is Nn1c(SCC(=O)Nc2nccs2)nnc1C1CCCCC1. The Morgan fingerprint density at radius 3 is 2.95 bits per heavy atom. The maximum Gasteiger partial charge on any atom is 0.236 e. The van der Waals surface area contributed by atoms with Crippen LogP contribution in [0.2, 0.25) is 0 Å². The Morgan fingerprint density at radius 1 is 1.41 bits per heavy atom. The number of nitrogens with one attached hydrogen (secondary N) is 1. The molecule has 0 spiro atoms.